The van der Waals surface area contributed by atoms with Crippen molar-refractivity contribution in [3.05, 3.63) is 42.3 Å². The van der Waals surface area contributed by atoms with Gasteiger partial charge in [0.25, 0.3) is 0 Å². The maximum atomic E-state index is 14.5. The highest BCUT2D eigenvalue weighted by Gasteiger charge is 2.26. The minimum absolute atomic E-state index is 0.232. The number of hydrogen-bond donors (Lipinski definition) is 1. The molecular weight excluding hydrogens is 315 g/mol. The number of anilines is 1. The fraction of sp³-hybridized carbons (Fsp3) is 0.400. The van der Waals surface area contributed by atoms with Gasteiger partial charge in [-0.05, 0) is 30.9 Å². The van der Waals surface area contributed by atoms with Gasteiger partial charge in [-0.1, -0.05) is 31.9 Å². The molecule has 0 spiro atoms. The average Bonchev–Trinajstić information content (AvgIpc) is 3.00. The Hall–Kier alpha value is -2.43. The lowest BCUT2D eigenvalue weighted by molar-refractivity contribution is 0.288. The van der Waals surface area contributed by atoms with Gasteiger partial charge >= 0.3 is 0 Å². The summed E-state index contributed by atoms with van der Waals surface area (Å²) in [4.78, 5) is 9.13. The third-order valence-corrected chi connectivity index (χ3v) is 5.22. The number of pyridine rings is 1. The lowest BCUT2D eigenvalue weighted by Crippen LogP contribution is -2.18. The zero-order valence-corrected chi connectivity index (χ0v) is 14.7. The number of benzene rings is 1. The first-order chi connectivity index (χ1) is 12.2. The molecule has 1 aliphatic carbocycles. The number of fused-ring (bicyclic) bond motifs is 1. The summed E-state index contributed by atoms with van der Waals surface area (Å²) in [5.74, 6) is 1.96. The zero-order valence-electron chi connectivity index (χ0n) is 14.7. The molecule has 5 heteroatoms. The molecule has 1 N–H and O–H groups in total. The molecule has 1 saturated carbocycles. The standard InChI is InChI=1S/C20H23FN4/c1-13-6-5-7-14(10-13)25-18-11-19(22-2)23-12-17(18)24-20(25)15-8-3-4-9-16(15)21/h3-4,8-9,11-14H,5-7,10H2,1-2H3,(H,22,23)/t13-,14+/m0/s1. The van der Waals surface area contributed by atoms with Crippen LogP contribution in [0.1, 0.15) is 38.6 Å². The Balaban J connectivity index is 1.95. The summed E-state index contributed by atoms with van der Waals surface area (Å²) in [6.45, 7) is 2.30. The molecule has 2 aromatic heterocycles. The van der Waals surface area contributed by atoms with Crippen LogP contribution in [0.3, 0.4) is 0 Å². The molecule has 0 aliphatic heterocycles. The quantitative estimate of drug-likeness (QED) is 0.728. The van der Waals surface area contributed by atoms with Crippen LogP contribution in [0.4, 0.5) is 10.2 Å². The lowest BCUT2D eigenvalue weighted by atomic mass is 9.86. The van der Waals surface area contributed by atoms with E-state index >= 15 is 0 Å². The predicted octanol–water partition coefficient (Wildman–Crippen LogP) is 5.03. The molecule has 0 saturated heterocycles. The van der Waals surface area contributed by atoms with Crippen molar-refractivity contribution in [2.24, 2.45) is 5.92 Å². The molecular formula is C20H23FN4. The largest absolute Gasteiger partial charge is 0.373 e. The molecule has 3 aromatic rings. The van der Waals surface area contributed by atoms with Gasteiger partial charge in [-0.3, -0.25) is 0 Å². The number of aromatic nitrogens is 3. The maximum absolute atomic E-state index is 14.5. The van der Waals surface area contributed by atoms with Crippen LogP contribution < -0.4 is 5.32 Å². The summed E-state index contributed by atoms with van der Waals surface area (Å²) in [6.07, 6.45) is 6.44. The third kappa shape index (κ3) is 2.88. The molecule has 2 heterocycles. The monoisotopic (exact) mass is 338 g/mol. The Kier molecular flexibility index (Phi) is 4.15. The number of imidazole rings is 1. The van der Waals surface area contributed by atoms with Gasteiger partial charge in [-0.2, -0.15) is 0 Å². The van der Waals surface area contributed by atoms with Crippen molar-refractivity contribution in [3.63, 3.8) is 0 Å². The van der Waals surface area contributed by atoms with Crippen LogP contribution in [-0.2, 0) is 0 Å². The van der Waals surface area contributed by atoms with Crippen LogP contribution >= 0.6 is 0 Å². The third-order valence-electron chi connectivity index (χ3n) is 5.22. The molecule has 2 atom stereocenters. The van der Waals surface area contributed by atoms with Crippen molar-refractivity contribution in [2.75, 3.05) is 12.4 Å². The van der Waals surface area contributed by atoms with E-state index in [0.29, 0.717) is 23.3 Å². The van der Waals surface area contributed by atoms with Crippen molar-refractivity contribution in [1.29, 1.82) is 0 Å². The van der Waals surface area contributed by atoms with Gasteiger partial charge in [0.05, 0.1) is 17.3 Å². The fourth-order valence-electron chi connectivity index (χ4n) is 3.97. The normalized spacial score (nSPS) is 20.8. The van der Waals surface area contributed by atoms with Crippen LogP contribution in [0.15, 0.2) is 36.5 Å². The van der Waals surface area contributed by atoms with E-state index in [9.17, 15) is 4.39 Å². The zero-order chi connectivity index (χ0) is 17.4. The van der Waals surface area contributed by atoms with E-state index in [1.165, 1.54) is 18.9 Å². The number of nitrogens with zero attached hydrogens (tertiary/aromatic N) is 3. The molecule has 130 valence electrons. The molecule has 1 aromatic carbocycles. The summed E-state index contributed by atoms with van der Waals surface area (Å²) in [7, 11) is 1.86. The SMILES string of the molecule is CNc1cc2c(cn1)nc(-c1ccccc1F)n2[C@@H]1CCC[C@H](C)C1. The molecule has 0 unspecified atom stereocenters. The summed E-state index contributed by atoms with van der Waals surface area (Å²) >= 11 is 0. The average molecular weight is 338 g/mol. The lowest BCUT2D eigenvalue weighted by Gasteiger charge is -2.29. The molecule has 1 aliphatic rings. The van der Waals surface area contributed by atoms with Crippen LogP contribution in [0.25, 0.3) is 22.4 Å². The highest BCUT2D eigenvalue weighted by atomic mass is 19.1. The Morgan fingerprint density at radius 2 is 2.08 bits per heavy atom. The van der Waals surface area contributed by atoms with Crippen molar-refractivity contribution in [3.8, 4) is 11.4 Å². The van der Waals surface area contributed by atoms with Crippen molar-refractivity contribution < 1.29 is 4.39 Å². The van der Waals surface area contributed by atoms with Gasteiger partial charge in [0.1, 0.15) is 23.0 Å². The predicted molar refractivity (Wildman–Crippen MR) is 99.1 cm³/mol. The van der Waals surface area contributed by atoms with Gasteiger partial charge in [-0.25, -0.2) is 14.4 Å². The molecule has 4 rings (SSSR count). The molecule has 4 nitrogen and oxygen atoms in total. The Morgan fingerprint density at radius 3 is 2.84 bits per heavy atom. The van der Waals surface area contributed by atoms with E-state index in [2.05, 4.69) is 21.8 Å². The highest BCUT2D eigenvalue weighted by Crippen LogP contribution is 2.38. The second-order valence-electron chi connectivity index (χ2n) is 7.02. The Labute approximate surface area is 147 Å². The molecule has 0 radical (unpaired) electrons. The molecule has 1 fully saturated rings. The first-order valence-electron chi connectivity index (χ1n) is 8.98. The van der Waals surface area contributed by atoms with Gasteiger partial charge in [0, 0.05) is 19.2 Å². The molecule has 0 amide bonds. The summed E-state index contributed by atoms with van der Waals surface area (Å²) in [5.41, 5.74) is 2.40. The number of halogens is 1. The highest BCUT2D eigenvalue weighted by molar-refractivity contribution is 5.82. The van der Waals surface area contributed by atoms with E-state index in [0.717, 1.165) is 29.7 Å². The van der Waals surface area contributed by atoms with E-state index in [1.807, 2.05) is 25.2 Å². The maximum Gasteiger partial charge on any atom is 0.144 e. The van der Waals surface area contributed by atoms with Gasteiger partial charge in [0.15, 0.2) is 0 Å². The van der Waals surface area contributed by atoms with Gasteiger partial charge in [-0.15, -0.1) is 0 Å². The number of rotatable bonds is 3. The Bertz CT molecular complexity index is 902. The van der Waals surface area contributed by atoms with E-state index in [-0.39, 0.29) is 5.82 Å². The Morgan fingerprint density at radius 1 is 1.24 bits per heavy atom. The van der Waals surface area contributed by atoms with Crippen molar-refractivity contribution >= 4 is 16.9 Å². The van der Waals surface area contributed by atoms with Crippen LogP contribution in [0.5, 0.6) is 0 Å². The van der Waals surface area contributed by atoms with Crippen LogP contribution in [0.2, 0.25) is 0 Å². The second kappa shape index (κ2) is 6.47. The van der Waals surface area contributed by atoms with E-state index in [4.69, 9.17) is 4.98 Å². The van der Waals surface area contributed by atoms with Crippen molar-refractivity contribution in [2.45, 2.75) is 38.6 Å². The summed E-state index contributed by atoms with van der Waals surface area (Å²) in [5, 5.41) is 3.09. The van der Waals surface area contributed by atoms with Gasteiger partial charge < -0.3 is 9.88 Å². The minimum Gasteiger partial charge on any atom is -0.373 e. The number of nitrogens with one attached hydrogen (secondary N) is 1. The molecule has 0 bridgehead atoms. The fourth-order valence-corrected chi connectivity index (χ4v) is 3.97. The smallest absolute Gasteiger partial charge is 0.144 e. The number of hydrogen-bond acceptors (Lipinski definition) is 3. The first-order valence-corrected chi connectivity index (χ1v) is 8.98. The van der Waals surface area contributed by atoms with E-state index in [1.54, 1.807) is 12.3 Å². The van der Waals surface area contributed by atoms with Crippen LogP contribution in [-0.4, -0.2) is 21.6 Å². The second-order valence-corrected chi connectivity index (χ2v) is 7.02. The van der Waals surface area contributed by atoms with Crippen LogP contribution in [0, 0.1) is 11.7 Å². The first kappa shape index (κ1) is 16.1. The summed E-state index contributed by atoms with van der Waals surface area (Å²) in [6, 6.07) is 9.26. The summed E-state index contributed by atoms with van der Waals surface area (Å²) < 4.78 is 16.7. The van der Waals surface area contributed by atoms with Crippen molar-refractivity contribution in [1.82, 2.24) is 14.5 Å². The molecule has 25 heavy (non-hydrogen) atoms. The van der Waals surface area contributed by atoms with Gasteiger partial charge in [0.2, 0.25) is 0 Å². The van der Waals surface area contributed by atoms with E-state index < -0.39 is 0 Å². The topological polar surface area (TPSA) is 42.7 Å². The minimum atomic E-state index is -0.232.